The highest BCUT2D eigenvalue weighted by molar-refractivity contribution is 9.10. The summed E-state index contributed by atoms with van der Waals surface area (Å²) in [5, 5.41) is 6.40. The molecule has 2 rings (SSSR count). The van der Waals surface area contributed by atoms with Crippen LogP contribution in [0.2, 0.25) is 0 Å². The molecule has 0 aliphatic heterocycles. The first-order valence-electron chi connectivity index (χ1n) is 6.97. The van der Waals surface area contributed by atoms with E-state index in [2.05, 4.69) is 31.8 Å². The maximum absolute atomic E-state index is 11.9. The van der Waals surface area contributed by atoms with Crippen molar-refractivity contribution < 1.29 is 9.59 Å². The van der Waals surface area contributed by atoms with E-state index in [0.717, 1.165) is 15.6 Å². The highest BCUT2D eigenvalue weighted by Crippen LogP contribution is 2.09. The van der Waals surface area contributed by atoms with Gasteiger partial charge in [0.25, 0.3) is 11.8 Å². The molecule has 2 amide bonds. The molecule has 0 aromatic heterocycles. The van der Waals surface area contributed by atoms with Crippen LogP contribution in [0.25, 0.3) is 0 Å². The highest BCUT2D eigenvalue weighted by atomic mass is 79.9. The van der Waals surface area contributed by atoms with Gasteiger partial charge in [0.2, 0.25) is 0 Å². The van der Waals surface area contributed by atoms with Crippen LogP contribution < -0.4 is 10.7 Å². The van der Waals surface area contributed by atoms with Crippen molar-refractivity contribution in [3.63, 3.8) is 0 Å². The Balaban J connectivity index is 1.80. The summed E-state index contributed by atoms with van der Waals surface area (Å²) in [7, 11) is 0. The molecular formula is C17H16BrN3O2. The minimum atomic E-state index is -0.391. The Morgan fingerprint density at radius 3 is 2.70 bits per heavy atom. The van der Waals surface area contributed by atoms with E-state index in [1.165, 1.54) is 6.21 Å². The van der Waals surface area contributed by atoms with Gasteiger partial charge in [-0.05, 0) is 36.8 Å². The molecule has 2 aromatic rings. The average molecular weight is 374 g/mol. The van der Waals surface area contributed by atoms with E-state index in [4.69, 9.17) is 0 Å². The molecule has 5 nitrogen and oxygen atoms in total. The molecule has 118 valence electrons. The second kappa shape index (κ2) is 8.24. The van der Waals surface area contributed by atoms with Gasteiger partial charge in [-0.1, -0.05) is 45.8 Å². The second-order valence-electron chi connectivity index (χ2n) is 4.90. The van der Waals surface area contributed by atoms with E-state index in [1.54, 1.807) is 18.2 Å². The Hall–Kier alpha value is -2.47. The van der Waals surface area contributed by atoms with Crippen molar-refractivity contribution in [3.8, 4) is 0 Å². The fourth-order valence-corrected chi connectivity index (χ4v) is 2.27. The Morgan fingerprint density at radius 2 is 1.96 bits per heavy atom. The quantitative estimate of drug-likeness (QED) is 0.624. The van der Waals surface area contributed by atoms with Gasteiger partial charge in [-0.3, -0.25) is 9.59 Å². The van der Waals surface area contributed by atoms with Crippen molar-refractivity contribution in [3.05, 3.63) is 69.7 Å². The van der Waals surface area contributed by atoms with E-state index in [1.807, 2.05) is 37.3 Å². The van der Waals surface area contributed by atoms with Gasteiger partial charge >= 0.3 is 0 Å². The number of aryl methyl sites for hydroxylation is 1. The number of hydrazone groups is 1. The van der Waals surface area contributed by atoms with Crippen LogP contribution in [0.1, 0.15) is 21.5 Å². The SMILES string of the molecule is Cc1cccc(C(=O)NCC(=O)N/N=C/c2cccc(Br)c2)c1. The lowest BCUT2D eigenvalue weighted by Crippen LogP contribution is -2.34. The number of halogens is 1. The number of nitrogens with one attached hydrogen (secondary N) is 2. The van der Waals surface area contributed by atoms with Crippen molar-refractivity contribution in [1.82, 2.24) is 10.7 Å². The van der Waals surface area contributed by atoms with Crippen LogP contribution >= 0.6 is 15.9 Å². The van der Waals surface area contributed by atoms with Crippen LogP contribution in [0.15, 0.2) is 58.1 Å². The van der Waals surface area contributed by atoms with E-state index >= 15 is 0 Å². The Kier molecular flexibility index (Phi) is 6.05. The summed E-state index contributed by atoms with van der Waals surface area (Å²) in [5.74, 6) is -0.683. The lowest BCUT2D eigenvalue weighted by Gasteiger charge is -2.05. The van der Waals surface area contributed by atoms with Gasteiger partial charge in [0.05, 0.1) is 12.8 Å². The summed E-state index contributed by atoms with van der Waals surface area (Å²) in [6.07, 6.45) is 1.53. The number of benzene rings is 2. The molecule has 0 saturated carbocycles. The monoisotopic (exact) mass is 373 g/mol. The molecule has 0 bridgehead atoms. The molecule has 0 unspecified atom stereocenters. The van der Waals surface area contributed by atoms with Gasteiger partial charge in [0.1, 0.15) is 0 Å². The summed E-state index contributed by atoms with van der Waals surface area (Å²) in [5.41, 5.74) is 4.73. The molecule has 0 saturated heterocycles. The fourth-order valence-electron chi connectivity index (χ4n) is 1.85. The number of amides is 2. The predicted molar refractivity (Wildman–Crippen MR) is 93.4 cm³/mol. The first-order valence-corrected chi connectivity index (χ1v) is 7.76. The predicted octanol–water partition coefficient (Wildman–Crippen LogP) is 2.64. The van der Waals surface area contributed by atoms with Crippen LogP contribution in [0.4, 0.5) is 0 Å². The third kappa shape index (κ3) is 5.67. The molecular weight excluding hydrogens is 358 g/mol. The molecule has 0 fully saturated rings. The molecule has 2 N–H and O–H groups in total. The maximum atomic E-state index is 11.9. The zero-order chi connectivity index (χ0) is 16.7. The Morgan fingerprint density at radius 1 is 1.17 bits per heavy atom. The zero-order valence-corrected chi connectivity index (χ0v) is 14.1. The van der Waals surface area contributed by atoms with Crippen LogP contribution in [0.3, 0.4) is 0 Å². The first-order chi connectivity index (χ1) is 11.0. The minimum Gasteiger partial charge on any atom is -0.343 e. The number of hydrogen-bond donors (Lipinski definition) is 2. The molecule has 0 aliphatic carbocycles. The lowest BCUT2D eigenvalue weighted by molar-refractivity contribution is -0.120. The summed E-state index contributed by atoms with van der Waals surface area (Å²) in [4.78, 5) is 23.6. The Labute approximate surface area is 142 Å². The molecule has 0 radical (unpaired) electrons. The van der Waals surface area contributed by atoms with Gasteiger partial charge in [-0.25, -0.2) is 5.43 Å². The summed E-state index contributed by atoms with van der Waals surface area (Å²) in [6, 6.07) is 14.7. The smallest absolute Gasteiger partial charge is 0.259 e. The largest absolute Gasteiger partial charge is 0.343 e. The van der Waals surface area contributed by atoms with E-state index in [9.17, 15) is 9.59 Å². The summed E-state index contributed by atoms with van der Waals surface area (Å²) in [6.45, 7) is 1.77. The molecule has 6 heteroatoms. The van der Waals surface area contributed by atoms with Crippen molar-refractivity contribution in [2.24, 2.45) is 5.10 Å². The third-order valence-electron chi connectivity index (χ3n) is 2.94. The second-order valence-corrected chi connectivity index (χ2v) is 5.82. The van der Waals surface area contributed by atoms with Crippen LogP contribution in [0, 0.1) is 6.92 Å². The van der Waals surface area contributed by atoms with Crippen molar-refractivity contribution in [2.75, 3.05) is 6.54 Å². The van der Waals surface area contributed by atoms with Crippen molar-refractivity contribution >= 4 is 34.0 Å². The van der Waals surface area contributed by atoms with Crippen molar-refractivity contribution in [2.45, 2.75) is 6.92 Å². The number of carbonyl (C=O) groups is 2. The average Bonchev–Trinajstić information content (AvgIpc) is 2.52. The van der Waals surface area contributed by atoms with Gasteiger partial charge in [0, 0.05) is 10.0 Å². The zero-order valence-electron chi connectivity index (χ0n) is 12.5. The van der Waals surface area contributed by atoms with Gasteiger partial charge in [0.15, 0.2) is 0 Å². The molecule has 23 heavy (non-hydrogen) atoms. The van der Waals surface area contributed by atoms with Crippen LogP contribution in [-0.4, -0.2) is 24.6 Å². The molecule has 0 heterocycles. The first kappa shape index (κ1) is 16.9. The van der Waals surface area contributed by atoms with Gasteiger partial charge in [-0.15, -0.1) is 0 Å². The summed E-state index contributed by atoms with van der Waals surface area (Å²) >= 11 is 3.35. The number of nitrogens with zero attached hydrogens (tertiary/aromatic N) is 1. The lowest BCUT2D eigenvalue weighted by atomic mass is 10.1. The maximum Gasteiger partial charge on any atom is 0.259 e. The topological polar surface area (TPSA) is 70.6 Å². The summed E-state index contributed by atoms with van der Waals surface area (Å²) < 4.78 is 0.929. The minimum absolute atomic E-state index is 0.136. The van der Waals surface area contributed by atoms with Crippen LogP contribution in [-0.2, 0) is 4.79 Å². The molecule has 0 aliphatic rings. The van der Waals surface area contributed by atoms with Gasteiger partial charge in [-0.2, -0.15) is 5.10 Å². The van der Waals surface area contributed by atoms with Gasteiger partial charge < -0.3 is 5.32 Å². The van der Waals surface area contributed by atoms with Crippen molar-refractivity contribution in [1.29, 1.82) is 0 Å². The van der Waals surface area contributed by atoms with Crippen LogP contribution in [0.5, 0.6) is 0 Å². The van der Waals surface area contributed by atoms with E-state index < -0.39 is 5.91 Å². The highest BCUT2D eigenvalue weighted by Gasteiger charge is 2.07. The molecule has 2 aromatic carbocycles. The number of hydrogen-bond acceptors (Lipinski definition) is 3. The standard InChI is InChI=1S/C17H16BrN3O2/c1-12-4-2-6-14(8-12)17(23)19-11-16(22)21-20-10-13-5-3-7-15(18)9-13/h2-10H,11H2,1H3,(H,19,23)(H,21,22)/b20-10+. The molecule has 0 atom stereocenters. The molecule has 0 spiro atoms. The fraction of sp³-hybridized carbons (Fsp3) is 0.118. The Bertz CT molecular complexity index is 744. The third-order valence-corrected chi connectivity index (χ3v) is 3.43. The number of rotatable bonds is 5. The van der Waals surface area contributed by atoms with E-state index in [0.29, 0.717) is 5.56 Å². The normalized spacial score (nSPS) is 10.5. The number of carbonyl (C=O) groups excluding carboxylic acids is 2. The van der Waals surface area contributed by atoms with E-state index in [-0.39, 0.29) is 12.5 Å².